The van der Waals surface area contributed by atoms with E-state index in [2.05, 4.69) is 15.0 Å². The van der Waals surface area contributed by atoms with Crippen LogP contribution in [0.1, 0.15) is 24.3 Å². The van der Waals surface area contributed by atoms with E-state index in [1.54, 1.807) is 0 Å². The first kappa shape index (κ1) is 24.1. The number of benzene rings is 1. The number of nitrogens with two attached hydrogens (primary N) is 1. The molecule has 0 saturated carbocycles. The summed E-state index contributed by atoms with van der Waals surface area (Å²) in [6.45, 7) is -0.414. The Bertz CT molecular complexity index is 1260. The Kier molecular flexibility index (Phi) is 6.53. The van der Waals surface area contributed by atoms with E-state index in [4.69, 9.17) is 28.8 Å². The minimum absolute atomic E-state index is 0.0281. The third kappa shape index (κ3) is 4.66. The number of phosphoric ester groups is 1. The van der Waals surface area contributed by atoms with Crippen molar-refractivity contribution in [1.82, 2.24) is 19.5 Å². The van der Waals surface area contributed by atoms with Gasteiger partial charge >= 0.3 is 7.82 Å². The van der Waals surface area contributed by atoms with Crippen molar-refractivity contribution in [2.75, 3.05) is 26.1 Å². The van der Waals surface area contributed by atoms with Crippen molar-refractivity contribution in [3.05, 3.63) is 48.1 Å². The van der Waals surface area contributed by atoms with E-state index in [1.807, 2.05) is 0 Å². The second kappa shape index (κ2) is 9.47. The zero-order valence-electron chi connectivity index (χ0n) is 18.4. The predicted octanol–water partition coefficient (Wildman–Crippen LogP) is 2.26. The molecule has 0 spiro atoms. The van der Waals surface area contributed by atoms with Crippen LogP contribution in [0.15, 0.2) is 30.9 Å². The molecule has 35 heavy (non-hydrogen) atoms. The highest BCUT2D eigenvalue weighted by atomic mass is 31.2. The van der Waals surface area contributed by atoms with Crippen LogP contribution >= 0.6 is 7.82 Å². The van der Waals surface area contributed by atoms with Gasteiger partial charge in [-0.2, -0.15) is 0 Å². The first-order chi connectivity index (χ1) is 16.8. The van der Waals surface area contributed by atoms with Crippen LogP contribution in [-0.4, -0.2) is 63.3 Å². The molecule has 15 heteroatoms. The zero-order chi connectivity index (χ0) is 24.7. The highest BCUT2D eigenvalue weighted by molar-refractivity contribution is 7.48. The SMILES string of the molecule is COC1C(O)[C@@H](COP2(=O)OCCC(c3cc(F)cc(F)c3)O2)O[C@H]1n1cnc2c(N)ncnc21. The molecule has 2 aliphatic rings. The lowest BCUT2D eigenvalue weighted by Gasteiger charge is -2.29. The van der Waals surface area contributed by atoms with Gasteiger partial charge in [-0.1, -0.05) is 0 Å². The first-order valence-electron chi connectivity index (χ1n) is 10.6. The van der Waals surface area contributed by atoms with Crippen molar-refractivity contribution in [3.8, 4) is 0 Å². The van der Waals surface area contributed by atoms with Gasteiger partial charge in [0.15, 0.2) is 17.7 Å². The number of ether oxygens (including phenoxy) is 2. The quantitative estimate of drug-likeness (QED) is 0.467. The summed E-state index contributed by atoms with van der Waals surface area (Å²) in [5.74, 6) is -1.40. The van der Waals surface area contributed by atoms with E-state index >= 15 is 0 Å². The van der Waals surface area contributed by atoms with Crippen molar-refractivity contribution in [2.45, 2.75) is 37.1 Å². The van der Waals surface area contributed by atoms with Gasteiger partial charge in [-0.15, -0.1) is 0 Å². The first-order valence-corrected chi connectivity index (χ1v) is 12.1. The molecule has 4 unspecified atom stereocenters. The predicted molar refractivity (Wildman–Crippen MR) is 115 cm³/mol. The minimum atomic E-state index is -4.13. The van der Waals surface area contributed by atoms with E-state index in [0.29, 0.717) is 11.2 Å². The molecule has 2 aromatic heterocycles. The number of imidazole rings is 1. The van der Waals surface area contributed by atoms with Gasteiger partial charge in [0.2, 0.25) is 0 Å². The summed E-state index contributed by atoms with van der Waals surface area (Å²) in [5, 5.41) is 10.8. The van der Waals surface area contributed by atoms with E-state index < -0.39 is 50.1 Å². The number of fused-ring (bicyclic) bond motifs is 1. The van der Waals surface area contributed by atoms with Gasteiger partial charge in [-0.25, -0.2) is 28.3 Å². The number of hydrogen-bond acceptors (Lipinski definition) is 11. The number of halogens is 2. The van der Waals surface area contributed by atoms with Crippen molar-refractivity contribution in [2.24, 2.45) is 0 Å². The molecule has 0 amide bonds. The van der Waals surface area contributed by atoms with Gasteiger partial charge in [0.1, 0.15) is 41.8 Å². The molecule has 3 N–H and O–H groups in total. The fourth-order valence-electron chi connectivity index (χ4n) is 4.12. The average molecular weight is 513 g/mol. The Balaban J connectivity index is 1.30. The highest BCUT2D eigenvalue weighted by Gasteiger charge is 2.47. The molecule has 0 bridgehead atoms. The van der Waals surface area contributed by atoms with E-state index in [0.717, 1.165) is 18.2 Å². The molecule has 1 aromatic carbocycles. The van der Waals surface area contributed by atoms with Crippen LogP contribution in [-0.2, 0) is 27.6 Å². The normalized spacial score (nSPS) is 31.3. The molecular weight excluding hydrogens is 491 g/mol. The van der Waals surface area contributed by atoms with E-state index in [-0.39, 0.29) is 31.0 Å². The second-order valence-electron chi connectivity index (χ2n) is 8.00. The van der Waals surface area contributed by atoms with Crippen molar-refractivity contribution in [3.63, 3.8) is 0 Å². The smallest absolute Gasteiger partial charge is 0.387 e. The van der Waals surface area contributed by atoms with Crippen LogP contribution in [0.25, 0.3) is 11.2 Å². The zero-order valence-corrected chi connectivity index (χ0v) is 19.3. The van der Waals surface area contributed by atoms with Crippen LogP contribution in [0.2, 0.25) is 0 Å². The molecule has 2 fully saturated rings. The Morgan fingerprint density at radius 1 is 1.26 bits per heavy atom. The molecule has 0 aliphatic carbocycles. The minimum Gasteiger partial charge on any atom is -0.387 e. The Hall–Kier alpha value is -2.58. The summed E-state index contributed by atoms with van der Waals surface area (Å²) in [5.41, 5.74) is 6.73. The van der Waals surface area contributed by atoms with Crippen LogP contribution in [0.5, 0.6) is 0 Å². The molecule has 0 radical (unpaired) electrons. The number of anilines is 1. The Morgan fingerprint density at radius 3 is 2.77 bits per heavy atom. The third-order valence-electron chi connectivity index (χ3n) is 5.79. The van der Waals surface area contributed by atoms with Crippen molar-refractivity contribution in [1.29, 1.82) is 0 Å². The van der Waals surface area contributed by atoms with Gasteiger partial charge in [0, 0.05) is 19.6 Å². The van der Waals surface area contributed by atoms with Crippen LogP contribution in [0.4, 0.5) is 14.6 Å². The monoisotopic (exact) mass is 513 g/mol. The van der Waals surface area contributed by atoms with Gasteiger partial charge < -0.3 is 20.3 Å². The standard InChI is InChI=1S/C20H22F2N5O7P/c1-30-17-16(28)14(33-20(17)27-9-26-15-18(23)24-8-25-19(15)27)7-32-35(29)31-3-2-13(34-35)10-4-11(21)6-12(22)5-10/h4-6,8-9,13-14,16-17,20,28H,2-3,7H2,1H3,(H2,23,24,25)/t13?,14-,16?,17?,20-,35?/m1/s1. The van der Waals surface area contributed by atoms with Crippen molar-refractivity contribution < 1.29 is 41.5 Å². The molecular formula is C20H22F2N5O7P. The fourth-order valence-corrected chi connectivity index (χ4v) is 5.52. The second-order valence-corrected chi connectivity index (χ2v) is 9.62. The van der Waals surface area contributed by atoms with Gasteiger partial charge in [-0.3, -0.25) is 18.1 Å². The fraction of sp³-hybridized carbons (Fsp3) is 0.450. The Labute approximate surface area is 197 Å². The summed E-state index contributed by atoms with van der Waals surface area (Å²) >= 11 is 0. The number of aromatic nitrogens is 4. The van der Waals surface area contributed by atoms with Gasteiger partial charge in [0.25, 0.3) is 0 Å². The maximum atomic E-state index is 13.6. The lowest BCUT2D eigenvalue weighted by atomic mass is 10.1. The highest BCUT2D eigenvalue weighted by Crippen LogP contribution is 2.57. The maximum absolute atomic E-state index is 13.6. The lowest BCUT2D eigenvalue weighted by Crippen LogP contribution is -2.35. The number of nitrogen functional groups attached to an aromatic ring is 1. The molecule has 4 heterocycles. The van der Waals surface area contributed by atoms with Crippen LogP contribution in [0, 0.1) is 11.6 Å². The Morgan fingerprint density at radius 2 is 2.03 bits per heavy atom. The number of methoxy groups -OCH3 is 1. The third-order valence-corrected chi connectivity index (χ3v) is 7.26. The summed E-state index contributed by atoms with van der Waals surface area (Å²) in [6, 6.07) is 2.91. The van der Waals surface area contributed by atoms with E-state index in [1.165, 1.54) is 24.3 Å². The summed E-state index contributed by atoms with van der Waals surface area (Å²) < 4.78 is 69.2. The number of nitrogens with zero attached hydrogens (tertiary/aromatic N) is 4. The largest absolute Gasteiger partial charge is 0.475 e. The number of aliphatic hydroxyl groups is 1. The molecule has 2 aliphatic heterocycles. The molecule has 6 atom stereocenters. The van der Waals surface area contributed by atoms with Crippen molar-refractivity contribution >= 4 is 24.8 Å². The van der Waals surface area contributed by atoms with Gasteiger partial charge in [-0.05, 0) is 17.7 Å². The topological polar surface area (TPSA) is 153 Å². The number of phosphoric acid groups is 1. The molecule has 3 aromatic rings. The molecule has 188 valence electrons. The number of rotatable bonds is 6. The van der Waals surface area contributed by atoms with E-state index in [9.17, 15) is 18.5 Å². The summed E-state index contributed by atoms with van der Waals surface area (Å²) in [4.78, 5) is 12.2. The molecule has 2 saturated heterocycles. The number of aliphatic hydroxyl groups excluding tert-OH is 1. The summed E-state index contributed by atoms with van der Waals surface area (Å²) in [7, 11) is -2.73. The molecule has 12 nitrogen and oxygen atoms in total. The van der Waals surface area contributed by atoms with Crippen LogP contribution in [0.3, 0.4) is 0 Å². The number of hydrogen-bond donors (Lipinski definition) is 2. The maximum Gasteiger partial charge on any atom is 0.475 e. The summed E-state index contributed by atoms with van der Waals surface area (Å²) in [6.07, 6.45) is -1.89. The van der Waals surface area contributed by atoms with Crippen LogP contribution < -0.4 is 5.73 Å². The van der Waals surface area contributed by atoms with Gasteiger partial charge in [0.05, 0.1) is 25.6 Å². The molecule has 5 rings (SSSR count). The lowest BCUT2D eigenvalue weighted by molar-refractivity contribution is -0.0626. The average Bonchev–Trinajstić information content (AvgIpc) is 3.38.